The molecule has 0 aromatic heterocycles. The molecule has 0 spiro atoms. The summed E-state index contributed by atoms with van der Waals surface area (Å²) in [5.74, 6) is 1.37. The third kappa shape index (κ3) is 3.49. The second kappa shape index (κ2) is 6.54. The summed E-state index contributed by atoms with van der Waals surface area (Å²) in [6, 6.07) is 16.6. The third-order valence-corrected chi connectivity index (χ3v) is 6.85. The lowest BCUT2D eigenvalue weighted by atomic mass is 10.3. The van der Waals surface area contributed by atoms with E-state index >= 15 is 0 Å². The number of nitrogens with two attached hydrogens (primary N) is 2. The zero-order valence-corrected chi connectivity index (χ0v) is 13.5. The first-order valence-corrected chi connectivity index (χ1v) is 9.40. The van der Waals surface area contributed by atoms with Crippen LogP contribution in [0.2, 0.25) is 12.1 Å². The van der Waals surface area contributed by atoms with Crippen LogP contribution in [0, 0.1) is 0 Å². The molecule has 0 amide bonds. The van der Waals surface area contributed by atoms with Crippen LogP contribution in [0.5, 0.6) is 11.5 Å². The second-order valence-corrected chi connectivity index (χ2v) is 8.54. The number of para-hydroxylation sites is 4. The van der Waals surface area contributed by atoms with Crippen LogP contribution in [-0.2, 0) is 0 Å². The van der Waals surface area contributed by atoms with Gasteiger partial charge in [-0.2, -0.15) is 0 Å². The summed E-state index contributed by atoms with van der Waals surface area (Å²) in [4.78, 5) is 0. The average Bonchev–Trinajstić information content (AvgIpc) is 2.51. The van der Waals surface area contributed by atoms with Crippen molar-refractivity contribution in [1.82, 2.24) is 0 Å². The highest BCUT2D eigenvalue weighted by molar-refractivity contribution is 6.68. The Hall–Kier alpha value is -2.14. The maximum absolute atomic E-state index is 6.23. The molecule has 4 nitrogen and oxygen atoms in total. The highest BCUT2D eigenvalue weighted by Gasteiger charge is 2.39. The number of rotatable bonds is 6. The van der Waals surface area contributed by atoms with E-state index < -0.39 is 8.56 Å². The van der Waals surface area contributed by atoms with Crippen LogP contribution in [0.4, 0.5) is 11.4 Å². The average molecular weight is 302 g/mol. The van der Waals surface area contributed by atoms with Crippen LogP contribution in [0.1, 0.15) is 13.8 Å². The van der Waals surface area contributed by atoms with Crippen LogP contribution in [0.25, 0.3) is 0 Å². The Morgan fingerprint density at radius 1 is 0.762 bits per heavy atom. The van der Waals surface area contributed by atoms with Crippen molar-refractivity contribution in [3.05, 3.63) is 48.5 Å². The van der Waals surface area contributed by atoms with Crippen molar-refractivity contribution in [1.29, 1.82) is 0 Å². The van der Waals surface area contributed by atoms with Crippen LogP contribution in [0.15, 0.2) is 48.5 Å². The molecule has 2 rings (SSSR count). The summed E-state index contributed by atoms with van der Waals surface area (Å²) in [6.07, 6.45) is 0. The molecule has 0 saturated carbocycles. The summed E-state index contributed by atoms with van der Waals surface area (Å²) in [6.45, 7) is 4.15. The summed E-state index contributed by atoms with van der Waals surface area (Å²) >= 11 is 0. The van der Waals surface area contributed by atoms with E-state index in [1.807, 2.05) is 48.5 Å². The molecule has 0 aliphatic rings. The fourth-order valence-electron chi connectivity index (χ4n) is 2.11. The van der Waals surface area contributed by atoms with Crippen molar-refractivity contribution in [3.63, 3.8) is 0 Å². The van der Waals surface area contributed by atoms with Gasteiger partial charge < -0.3 is 20.3 Å². The first-order valence-electron chi connectivity index (χ1n) is 7.17. The molecule has 0 heterocycles. The van der Waals surface area contributed by atoms with Gasteiger partial charge in [0.05, 0.1) is 11.4 Å². The van der Waals surface area contributed by atoms with E-state index in [1.54, 1.807) is 0 Å². The van der Waals surface area contributed by atoms with E-state index in [0.29, 0.717) is 22.9 Å². The minimum absolute atomic E-state index is 0.626. The fourth-order valence-corrected chi connectivity index (χ4v) is 4.40. The third-order valence-electron chi connectivity index (χ3n) is 3.51. The molecule has 0 aliphatic heterocycles. The van der Waals surface area contributed by atoms with E-state index in [9.17, 15) is 0 Å². The highest BCUT2D eigenvalue weighted by Crippen LogP contribution is 2.31. The van der Waals surface area contributed by atoms with Gasteiger partial charge in [0.1, 0.15) is 11.5 Å². The first kappa shape index (κ1) is 15.2. The monoisotopic (exact) mass is 302 g/mol. The van der Waals surface area contributed by atoms with Gasteiger partial charge in [-0.25, -0.2) is 0 Å². The number of nitrogen functional groups attached to an aromatic ring is 2. The van der Waals surface area contributed by atoms with Gasteiger partial charge in [-0.1, -0.05) is 38.1 Å². The quantitative estimate of drug-likeness (QED) is 0.629. The molecule has 0 unspecified atom stereocenters. The summed E-state index contributed by atoms with van der Waals surface area (Å²) in [7, 11) is -2.45. The lowest BCUT2D eigenvalue weighted by Crippen LogP contribution is -2.47. The molecule has 0 aliphatic carbocycles. The zero-order valence-electron chi connectivity index (χ0n) is 12.5. The minimum atomic E-state index is -2.45. The number of hydrogen-bond donors (Lipinski definition) is 2. The van der Waals surface area contributed by atoms with Gasteiger partial charge in [0.15, 0.2) is 0 Å². The summed E-state index contributed by atoms with van der Waals surface area (Å²) < 4.78 is 12.5. The van der Waals surface area contributed by atoms with Gasteiger partial charge in [0.25, 0.3) is 0 Å². The molecule has 0 saturated heterocycles. The predicted octanol–water partition coefficient (Wildman–Crippen LogP) is 3.79. The van der Waals surface area contributed by atoms with Crippen molar-refractivity contribution in [2.75, 3.05) is 11.5 Å². The summed E-state index contributed by atoms with van der Waals surface area (Å²) in [5, 5.41) is 0. The van der Waals surface area contributed by atoms with Crippen molar-refractivity contribution in [2.24, 2.45) is 0 Å². The lowest BCUT2D eigenvalue weighted by molar-refractivity contribution is 0.383. The predicted molar refractivity (Wildman–Crippen MR) is 89.7 cm³/mol. The molecular formula is C16H22N2O2Si. The Labute approximate surface area is 126 Å². The van der Waals surface area contributed by atoms with Gasteiger partial charge in [-0.15, -0.1) is 0 Å². The Morgan fingerprint density at radius 2 is 1.14 bits per heavy atom. The molecule has 2 aromatic carbocycles. The Kier molecular flexibility index (Phi) is 4.75. The second-order valence-electron chi connectivity index (χ2n) is 4.90. The minimum Gasteiger partial charge on any atom is -0.510 e. The van der Waals surface area contributed by atoms with Gasteiger partial charge in [-0.3, -0.25) is 0 Å². The topological polar surface area (TPSA) is 70.5 Å². The first-order chi connectivity index (χ1) is 10.1. The maximum atomic E-state index is 6.23. The Balaban J connectivity index is 2.28. The van der Waals surface area contributed by atoms with E-state index in [0.717, 1.165) is 12.1 Å². The highest BCUT2D eigenvalue weighted by atomic mass is 28.4. The SMILES string of the molecule is CC[Si](CC)(Oc1ccccc1N)Oc1ccccc1N. The van der Waals surface area contributed by atoms with Gasteiger partial charge in [-0.05, 0) is 24.3 Å². The number of anilines is 2. The van der Waals surface area contributed by atoms with Crippen molar-refractivity contribution in [3.8, 4) is 11.5 Å². The van der Waals surface area contributed by atoms with Gasteiger partial charge in [0, 0.05) is 12.1 Å². The van der Waals surface area contributed by atoms with Crippen molar-refractivity contribution in [2.45, 2.75) is 25.9 Å². The van der Waals surface area contributed by atoms with E-state index in [2.05, 4.69) is 13.8 Å². The van der Waals surface area contributed by atoms with Crippen molar-refractivity contribution >= 4 is 19.9 Å². The standard InChI is InChI=1S/C16H22N2O2Si/c1-3-21(4-2,19-15-11-7-5-9-13(15)17)20-16-12-8-6-10-14(16)18/h5-12H,3-4,17-18H2,1-2H3. The molecule has 0 fully saturated rings. The smallest absolute Gasteiger partial charge is 0.460 e. The van der Waals surface area contributed by atoms with Gasteiger partial charge in [0.2, 0.25) is 0 Å². The maximum Gasteiger partial charge on any atom is 0.460 e. The van der Waals surface area contributed by atoms with Crippen LogP contribution in [0.3, 0.4) is 0 Å². The number of hydrogen-bond acceptors (Lipinski definition) is 4. The molecule has 112 valence electrons. The largest absolute Gasteiger partial charge is 0.510 e. The molecule has 5 heteroatoms. The molecule has 0 atom stereocenters. The lowest BCUT2D eigenvalue weighted by Gasteiger charge is -2.30. The zero-order chi connectivity index (χ0) is 15.3. The molecule has 2 aromatic rings. The fraction of sp³-hybridized carbons (Fsp3) is 0.250. The van der Waals surface area contributed by atoms with Crippen LogP contribution >= 0.6 is 0 Å². The molecule has 0 radical (unpaired) electrons. The van der Waals surface area contributed by atoms with Crippen molar-refractivity contribution < 1.29 is 8.85 Å². The van der Waals surface area contributed by atoms with Gasteiger partial charge >= 0.3 is 8.56 Å². The van der Waals surface area contributed by atoms with E-state index in [4.69, 9.17) is 20.3 Å². The normalized spacial score (nSPS) is 11.1. The Bertz CT molecular complexity index is 551. The molecule has 21 heavy (non-hydrogen) atoms. The molecule has 4 N–H and O–H groups in total. The number of benzene rings is 2. The Morgan fingerprint density at radius 3 is 1.48 bits per heavy atom. The molecule has 0 bridgehead atoms. The van der Waals surface area contributed by atoms with Crippen LogP contribution in [-0.4, -0.2) is 8.56 Å². The van der Waals surface area contributed by atoms with E-state index in [1.165, 1.54) is 0 Å². The van der Waals surface area contributed by atoms with E-state index in [-0.39, 0.29) is 0 Å². The summed E-state index contributed by atoms with van der Waals surface area (Å²) in [5.41, 5.74) is 13.2. The molecular weight excluding hydrogens is 280 g/mol. The van der Waals surface area contributed by atoms with Crippen LogP contribution < -0.4 is 20.3 Å².